The molecule has 0 bridgehead atoms. The van der Waals surface area contributed by atoms with Crippen LogP contribution in [0.25, 0.3) is 0 Å². The SMILES string of the molecule is CS(=O)CCNc1ccccc1S(=O)(=O)C(F)(F)F. The van der Waals surface area contributed by atoms with Gasteiger partial charge in [-0.15, -0.1) is 0 Å². The summed E-state index contributed by atoms with van der Waals surface area (Å²) in [4.78, 5) is -0.829. The molecule has 0 amide bonds. The van der Waals surface area contributed by atoms with Crippen molar-refractivity contribution in [2.24, 2.45) is 0 Å². The average molecular weight is 315 g/mol. The number of halogens is 3. The van der Waals surface area contributed by atoms with Crippen molar-refractivity contribution in [2.45, 2.75) is 10.4 Å². The zero-order valence-corrected chi connectivity index (χ0v) is 11.5. The largest absolute Gasteiger partial charge is 0.501 e. The van der Waals surface area contributed by atoms with Crippen molar-refractivity contribution in [3.8, 4) is 0 Å². The lowest BCUT2D eigenvalue weighted by atomic mass is 10.3. The molecule has 1 aromatic rings. The first-order valence-corrected chi connectivity index (χ1v) is 8.31. The van der Waals surface area contributed by atoms with E-state index in [1.807, 2.05) is 0 Å². The van der Waals surface area contributed by atoms with Crippen LogP contribution in [0.3, 0.4) is 0 Å². The topological polar surface area (TPSA) is 63.2 Å². The average Bonchev–Trinajstić information content (AvgIpc) is 2.27. The van der Waals surface area contributed by atoms with Gasteiger partial charge in [-0.3, -0.25) is 4.21 Å². The first kappa shape index (κ1) is 16.0. The van der Waals surface area contributed by atoms with E-state index < -0.39 is 31.0 Å². The molecule has 0 heterocycles. The normalized spacial score (nSPS) is 14.1. The Labute approximate surface area is 111 Å². The van der Waals surface area contributed by atoms with Crippen molar-refractivity contribution < 1.29 is 25.8 Å². The van der Waals surface area contributed by atoms with Crippen molar-refractivity contribution in [3.63, 3.8) is 0 Å². The highest BCUT2D eigenvalue weighted by molar-refractivity contribution is 7.92. The molecule has 0 aliphatic carbocycles. The molecule has 0 aromatic heterocycles. The van der Waals surface area contributed by atoms with Crippen LogP contribution in [-0.2, 0) is 20.6 Å². The van der Waals surface area contributed by atoms with Gasteiger partial charge in [0.1, 0.15) is 0 Å². The molecule has 0 aliphatic heterocycles. The summed E-state index contributed by atoms with van der Waals surface area (Å²) in [6.07, 6.45) is 1.44. The molecule has 1 N–H and O–H groups in total. The summed E-state index contributed by atoms with van der Waals surface area (Å²) in [7, 11) is -6.51. The van der Waals surface area contributed by atoms with Crippen molar-refractivity contribution in [3.05, 3.63) is 24.3 Å². The Hall–Kier alpha value is -1.09. The summed E-state index contributed by atoms with van der Waals surface area (Å²) in [5.41, 5.74) is -5.50. The minimum Gasteiger partial charge on any atom is -0.383 e. The van der Waals surface area contributed by atoms with Crippen LogP contribution in [0.15, 0.2) is 29.2 Å². The second-order valence-electron chi connectivity index (χ2n) is 3.65. The smallest absolute Gasteiger partial charge is 0.383 e. The molecule has 4 nitrogen and oxygen atoms in total. The summed E-state index contributed by atoms with van der Waals surface area (Å²) in [5, 5.41) is 2.55. The van der Waals surface area contributed by atoms with Gasteiger partial charge in [0, 0.05) is 29.4 Å². The van der Waals surface area contributed by atoms with E-state index in [0.29, 0.717) is 0 Å². The predicted molar refractivity (Wildman–Crippen MR) is 67.1 cm³/mol. The van der Waals surface area contributed by atoms with Gasteiger partial charge in [0.2, 0.25) is 0 Å². The molecule has 19 heavy (non-hydrogen) atoms. The van der Waals surface area contributed by atoms with Crippen LogP contribution >= 0.6 is 0 Å². The zero-order valence-electron chi connectivity index (χ0n) is 9.90. The Morgan fingerprint density at radius 2 is 1.84 bits per heavy atom. The van der Waals surface area contributed by atoms with Gasteiger partial charge < -0.3 is 5.32 Å². The van der Waals surface area contributed by atoms with Crippen LogP contribution in [0.4, 0.5) is 18.9 Å². The van der Waals surface area contributed by atoms with Gasteiger partial charge in [0.05, 0.1) is 10.6 Å². The number of para-hydroxylation sites is 1. The highest BCUT2D eigenvalue weighted by Gasteiger charge is 2.47. The molecule has 0 aliphatic rings. The monoisotopic (exact) mass is 315 g/mol. The molecular weight excluding hydrogens is 303 g/mol. The summed E-state index contributed by atoms with van der Waals surface area (Å²) in [5.74, 6) is 0.209. The number of benzene rings is 1. The van der Waals surface area contributed by atoms with E-state index in [9.17, 15) is 25.8 Å². The van der Waals surface area contributed by atoms with Crippen LogP contribution in [0.2, 0.25) is 0 Å². The minimum atomic E-state index is -5.40. The van der Waals surface area contributed by atoms with Gasteiger partial charge in [0.15, 0.2) is 0 Å². The lowest BCUT2D eigenvalue weighted by Crippen LogP contribution is -2.24. The van der Waals surface area contributed by atoms with Crippen molar-refractivity contribution in [2.75, 3.05) is 23.9 Å². The molecule has 1 rings (SSSR count). The molecule has 1 aromatic carbocycles. The van der Waals surface area contributed by atoms with Crippen molar-refractivity contribution in [1.29, 1.82) is 0 Å². The third-order valence-electron chi connectivity index (χ3n) is 2.19. The predicted octanol–water partition coefficient (Wildman–Crippen LogP) is 1.77. The number of nitrogens with one attached hydrogen (secondary N) is 1. The molecule has 0 saturated heterocycles. The van der Waals surface area contributed by atoms with Gasteiger partial charge in [-0.25, -0.2) is 8.42 Å². The standard InChI is InChI=1S/C10H12F3NO3S2/c1-18(15)7-6-14-8-4-2-3-5-9(8)19(16,17)10(11,12)13/h2-5,14H,6-7H2,1H3. The molecule has 1 unspecified atom stereocenters. The van der Waals surface area contributed by atoms with Crippen LogP contribution in [0, 0.1) is 0 Å². The Bertz CT molecular complexity index is 570. The Balaban J connectivity index is 3.07. The van der Waals surface area contributed by atoms with E-state index in [1.165, 1.54) is 24.5 Å². The molecule has 1 atom stereocenters. The molecule has 0 fully saturated rings. The minimum absolute atomic E-state index is 0.119. The Morgan fingerprint density at radius 1 is 1.26 bits per heavy atom. The lowest BCUT2D eigenvalue weighted by molar-refractivity contribution is -0.0435. The Kier molecular flexibility index (Phi) is 4.97. The van der Waals surface area contributed by atoms with Gasteiger partial charge in [0.25, 0.3) is 9.84 Å². The van der Waals surface area contributed by atoms with Gasteiger partial charge in [-0.05, 0) is 12.1 Å². The molecule has 108 valence electrons. The highest BCUT2D eigenvalue weighted by atomic mass is 32.2. The molecule has 9 heteroatoms. The fourth-order valence-electron chi connectivity index (χ4n) is 1.30. The number of anilines is 1. The summed E-state index contributed by atoms with van der Waals surface area (Å²) >= 11 is 0. The van der Waals surface area contributed by atoms with Crippen LogP contribution in [0.1, 0.15) is 0 Å². The fraction of sp³-hybridized carbons (Fsp3) is 0.400. The van der Waals surface area contributed by atoms with Gasteiger partial charge in [-0.2, -0.15) is 13.2 Å². The number of sulfone groups is 1. The van der Waals surface area contributed by atoms with E-state index in [2.05, 4.69) is 5.32 Å². The number of rotatable bonds is 5. The molecular formula is C10H12F3NO3S2. The van der Waals surface area contributed by atoms with E-state index in [-0.39, 0.29) is 18.0 Å². The highest BCUT2D eigenvalue weighted by Crippen LogP contribution is 2.34. The Morgan fingerprint density at radius 3 is 2.37 bits per heavy atom. The number of hydrogen-bond acceptors (Lipinski definition) is 4. The van der Waals surface area contributed by atoms with Crippen molar-refractivity contribution in [1.82, 2.24) is 0 Å². The third-order valence-corrected chi connectivity index (χ3v) is 4.51. The van der Waals surface area contributed by atoms with Crippen LogP contribution in [-0.4, -0.2) is 36.7 Å². The second-order valence-corrected chi connectivity index (χ2v) is 7.11. The van der Waals surface area contributed by atoms with E-state index in [0.717, 1.165) is 6.07 Å². The fourth-order valence-corrected chi connectivity index (χ4v) is 2.63. The first-order valence-electron chi connectivity index (χ1n) is 5.10. The van der Waals surface area contributed by atoms with Crippen LogP contribution in [0.5, 0.6) is 0 Å². The number of hydrogen-bond donors (Lipinski definition) is 1. The van der Waals surface area contributed by atoms with Gasteiger partial charge in [-0.1, -0.05) is 12.1 Å². The quantitative estimate of drug-likeness (QED) is 0.899. The first-order chi connectivity index (χ1) is 8.66. The maximum atomic E-state index is 12.5. The molecule has 0 radical (unpaired) electrons. The maximum Gasteiger partial charge on any atom is 0.501 e. The molecule has 0 saturated carbocycles. The second kappa shape index (κ2) is 5.91. The zero-order chi connectivity index (χ0) is 14.7. The molecule has 0 spiro atoms. The summed E-state index contributed by atoms with van der Waals surface area (Å²) in [6, 6.07) is 4.74. The van der Waals surface area contributed by atoms with Crippen molar-refractivity contribution >= 4 is 26.3 Å². The third kappa shape index (κ3) is 3.93. The summed E-state index contributed by atoms with van der Waals surface area (Å²) < 4.78 is 71.0. The number of alkyl halides is 3. The van der Waals surface area contributed by atoms with Gasteiger partial charge >= 0.3 is 5.51 Å². The maximum absolute atomic E-state index is 12.5. The van der Waals surface area contributed by atoms with E-state index >= 15 is 0 Å². The van der Waals surface area contributed by atoms with Crippen LogP contribution < -0.4 is 5.32 Å². The lowest BCUT2D eigenvalue weighted by Gasteiger charge is -2.13. The van der Waals surface area contributed by atoms with E-state index in [1.54, 1.807) is 0 Å². The summed E-state index contributed by atoms with van der Waals surface area (Å²) in [6.45, 7) is 0.119. The van der Waals surface area contributed by atoms with E-state index in [4.69, 9.17) is 0 Å².